The minimum absolute atomic E-state index is 0.000121. The quantitative estimate of drug-likeness (QED) is 0.854. The standard InChI is InChI=1S/C13H23N3OS/c1-10(2)15-18(17,16(5)11(3)4)13-8-6-7-12(14)9-13/h6-11H,14H2,1-5H3. The summed E-state index contributed by atoms with van der Waals surface area (Å²) in [5.41, 5.74) is 6.38. The van der Waals surface area contributed by atoms with Gasteiger partial charge in [0.2, 0.25) is 0 Å². The van der Waals surface area contributed by atoms with Crippen molar-refractivity contribution in [3.8, 4) is 0 Å². The van der Waals surface area contributed by atoms with Crippen LogP contribution in [0, 0.1) is 0 Å². The lowest BCUT2D eigenvalue weighted by atomic mass is 10.3. The van der Waals surface area contributed by atoms with E-state index in [-0.39, 0.29) is 12.1 Å². The van der Waals surface area contributed by atoms with Gasteiger partial charge in [0.25, 0.3) is 0 Å². The lowest BCUT2D eigenvalue weighted by Crippen LogP contribution is -2.33. The Morgan fingerprint density at radius 2 is 1.89 bits per heavy atom. The second-order valence-corrected chi connectivity index (χ2v) is 7.16. The highest BCUT2D eigenvalue weighted by molar-refractivity contribution is 7.91. The number of benzene rings is 1. The third-order valence-electron chi connectivity index (χ3n) is 2.64. The Morgan fingerprint density at radius 3 is 2.33 bits per heavy atom. The van der Waals surface area contributed by atoms with Crippen molar-refractivity contribution in [2.24, 2.45) is 4.36 Å². The zero-order valence-electron chi connectivity index (χ0n) is 11.8. The summed E-state index contributed by atoms with van der Waals surface area (Å²) in [4.78, 5) is 0.674. The van der Waals surface area contributed by atoms with E-state index in [4.69, 9.17) is 5.73 Å². The fourth-order valence-corrected chi connectivity index (χ4v) is 3.84. The SMILES string of the molecule is CC(C)N=S(=O)(c1cccc(N)c1)N(C)C(C)C. The van der Waals surface area contributed by atoms with Gasteiger partial charge in [0.15, 0.2) is 0 Å². The smallest absolute Gasteiger partial charge is 0.140 e. The van der Waals surface area contributed by atoms with Crippen molar-refractivity contribution in [3.63, 3.8) is 0 Å². The van der Waals surface area contributed by atoms with Crippen LogP contribution >= 0.6 is 0 Å². The normalized spacial score (nSPS) is 15.1. The summed E-state index contributed by atoms with van der Waals surface area (Å²) < 4.78 is 19.4. The zero-order chi connectivity index (χ0) is 13.9. The van der Waals surface area contributed by atoms with Crippen LogP contribution in [-0.4, -0.2) is 27.6 Å². The number of hydrogen-bond donors (Lipinski definition) is 1. The summed E-state index contributed by atoms with van der Waals surface area (Å²) in [6, 6.07) is 7.31. The average molecular weight is 269 g/mol. The minimum Gasteiger partial charge on any atom is -0.399 e. The highest BCUT2D eigenvalue weighted by atomic mass is 32.2. The van der Waals surface area contributed by atoms with E-state index in [9.17, 15) is 4.21 Å². The molecule has 0 spiro atoms. The number of nitrogens with two attached hydrogens (primary N) is 1. The van der Waals surface area contributed by atoms with E-state index in [0.717, 1.165) is 0 Å². The molecule has 1 unspecified atom stereocenters. The predicted molar refractivity (Wildman–Crippen MR) is 77.7 cm³/mol. The first-order chi connectivity index (χ1) is 8.27. The van der Waals surface area contributed by atoms with Crippen LogP contribution in [0.2, 0.25) is 0 Å². The van der Waals surface area contributed by atoms with E-state index in [1.807, 2.05) is 51.2 Å². The van der Waals surface area contributed by atoms with Gasteiger partial charge in [-0.2, -0.15) is 0 Å². The van der Waals surface area contributed by atoms with Crippen LogP contribution in [0.15, 0.2) is 33.5 Å². The molecule has 0 aliphatic rings. The molecule has 0 radical (unpaired) electrons. The Bertz CT molecular complexity index is 517. The van der Waals surface area contributed by atoms with Crippen LogP contribution in [0.1, 0.15) is 27.7 Å². The Balaban J connectivity index is 3.44. The van der Waals surface area contributed by atoms with Gasteiger partial charge in [0, 0.05) is 18.8 Å². The van der Waals surface area contributed by atoms with Crippen molar-refractivity contribution >= 4 is 15.6 Å². The molecular formula is C13H23N3OS. The largest absolute Gasteiger partial charge is 0.399 e. The van der Waals surface area contributed by atoms with Gasteiger partial charge in [-0.3, -0.25) is 0 Å². The first-order valence-electron chi connectivity index (χ1n) is 6.12. The number of nitrogen functional groups attached to an aromatic ring is 1. The molecule has 5 heteroatoms. The molecule has 0 aliphatic heterocycles. The van der Waals surface area contributed by atoms with E-state index in [1.165, 1.54) is 0 Å². The maximum atomic E-state index is 13.2. The summed E-state index contributed by atoms with van der Waals surface area (Å²) >= 11 is 0. The first kappa shape index (κ1) is 15.0. The highest BCUT2D eigenvalue weighted by Gasteiger charge is 2.22. The third kappa shape index (κ3) is 3.23. The lowest BCUT2D eigenvalue weighted by Gasteiger charge is -2.26. The molecule has 0 aromatic heterocycles. The highest BCUT2D eigenvalue weighted by Crippen LogP contribution is 2.22. The van der Waals surface area contributed by atoms with E-state index in [2.05, 4.69) is 4.36 Å². The molecule has 0 aliphatic carbocycles. The van der Waals surface area contributed by atoms with Crippen LogP contribution in [-0.2, 0) is 9.92 Å². The van der Waals surface area contributed by atoms with E-state index in [1.54, 1.807) is 12.1 Å². The fraction of sp³-hybridized carbons (Fsp3) is 0.538. The van der Waals surface area contributed by atoms with Gasteiger partial charge in [-0.1, -0.05) is 6.07 Å². The molecule has 1 atom stereocenters. The minimum atomic E-state index is -2.59. The van der Waals surface area contributed by atoms with Gasteiger partial charge >= 0.3 is 0 Å². The predicted octanol–water partition coefficient (Wildman–Crippen LogP) is 2.76. The molecule has 1 aromatic carbocycles. The van der Waals surface area contributed by atoms with Gasteiger partial charge < -0.3 is 5.73 Å². The summed E-state index contributed by atoms with van der Waals surface area (Å²) in [7, 11) is -0.754. The molecule has 0 saturated heterocycles. The number of hydrogen-bond acceptors (Lipinski definition) is 3. The Morgan fingerprint density at radius 1 is 1.28 bits per heavy atom. The Labute approximate surface area is 110 Å². The molecule has 102 valence electrons. The first-order valence-corrected chi connectivity index (χ1v) is 7.59. The van der Waals surface area contributed by atoms with E-state index in [0.29, 0.717) is 10.6 Å². The Kier molecular flexibility index (Phi) is 4.76. The van der Waals surface area contributed by atoms with Crippen LogP contribution in [0.3, 0.4) is 0 Å². The molecule has 2 N–H and O–H groups in total. The third-order valence-corrected chi connectivity index (χ3v) is 5.41. The molecule has 1 rings (SSSR count). The molecule has 1 aromatic rings. The van der Waals surface area contributed by atoms with Crippen molar-refractivity contribution in [3.05, 3.63) is 24.3 Å². The molecule has 0 heterocycles. The second-order valence-electron chi connectivity index (χ2n) is 4.91. The monoisotopic (exact) mass is 269 g/mol. The van der Waals surface area contributed by atoms with Crippen molar-refractivity contribution < 1.29 is 4.21 Å². The van der Waals surface area contributed by atoms with Crippen molar-refractivity contribution in [2.45, 2.75) is 44.7 Å². The van der Waals surface area contributed by atoms with Crippen LogP contribution < -0.4 is 5.73 Å². The van der Waals surface area contributed by atoms with Crippen molar-refractivity contribution in [2.75, 3.05) is 12.8 Å². The summed E-state index contributed by atoms with van der Waals surface area (Å²) in [5.74, 6) is 0. The van der Waals surface area contributed by atoms with Gasteiger partial charge in [-0.15, -0.1) is 0 Å². The Hall–Kier alpha value is -1.07. The maximum Gasteiger partial charge on any atom is 0.140 e. The molecule has 0 amide bonds. The fourth-order valence-electron chi connectivity index (χ4n) is 1.55. The zero-order valence-corrected chi connectivity index (χ0v) is 12.6. The van der Waals surface area contributed by atoms with Crippen LogP contribution in [0.5, 0.6) is 0 Å². The number of anilines is 1. The maximum absolute atomic E-state index is 13.2. The van der Waals surface area contributed by atoms with E-state index < -0.39 is 9.92 Å². The van der Waals surface area contributed by atoms with E-state index >= 15 is 0 Å². The lowest BCUT2D eigenvalue weighted by molar-refractivity contribution is 0.435. The topological polar surface area (TPSA) is 58.7 Å². The van der Waals surface area contributed by atoms with Gasteiger partial charge in [-0.05, 0) is 45.9 Å². The van der Waals surface area contributed by atoms with Crippen molar-refractivity contribution in [1.82, 2.24) is 4.31 Å². The molecule has 4 nitrogen and oxygen atoms in total. The summed E-state index contributed by atoms with van der Waals surface area (Å²) in [6.07, 6.45) is 0. The molecular weight excluding hydrogens is 246 g/mol. The molecule has 18 heavy (non-hydrogen) atoms. The summed E-state index contributed by atoms with van der Waals surface area (Å²) in [5, 5.41) is 0. The second kappa shape index (κ2) is 5.71. The molecule has 0 fully saturated rings. The van der Waals surface area contributed by atoms with Gasteiger partial charge in [0.05, 0.1) is 10.9 Å². The summed E-state index contributed by atoms with van der Waals surface area (Å²) in [6.45, 7) is 7.86. The van der Waals surface area contributed by atoms with Gasteiger partial charge in [0.1, 0.15) is 9.92 Å². The average Bonchev–Trinajstić information content (AvgIpc) is 2.26. The van der Waals surface area contributed by atoms with Crippen LogP contribution in [0.4, 0.5) is 5.69 Å². The molecule has 0 bridgehead atoms. The van der Waals surface area contributed by atoms with Crippen molar-refractivity contribution in [1.29, 1.82) is 0 Å². The molecule has 0 saturated carbocycles. The van der Waals surface area contributed by atoms with Crippen LogP contribution in [0.25, 0.3) is 0 Å². The number of nitrogens with zero attached hydrogens (tertiary/aromatic N) is 2. The van der Waals surface area contributed by atoms with Gasteiger partial charge in [-0.25, -0.2) is 12.9 Å². The number of rotatable bonds is 4.